The first kappa shape index (κ1) is 22.1. The molecule has 0 fully saturated rings. The molecular weight excluding hydrogens is 450 g/mol. The number of ether oxygens (including phenoxy) is 2. The SMILES string of the molecule is O=C(O)c1c[nH]c(C(=O)N[C@]2(c3ccc(OC(F)(F)F)c(F)c3)CCOc3cccnc32)c1. The first-order valence-corrected chi connectivity index (χ1v) is 9.47. The number of aromatic nitrogens is 2. The number of carboxylic acids is 1. The predicted octanol–water partition coefficient (Wildman–Crippen LogP) is 3.60. The predicted molar refractivity (Wildman–Crippen MR) is 103 cm³/mol. The number of aromatic amines is 1. The van der Waals surface area contributed by atoms with Gasteiger partial charge in [0.2, 0.25) is 0 Å². The zero-order valence-corrected chi connectivity index (χ0v) is 16.6. The van der Waals surface area contributed by atoms with Crippen LogP contribution >= 0.6 is 0 Å². The molecule has 12 heteroatoms. The lowest BCUT2D eigenvalue weighted by Crippen LogP contribution is -2.50. The second kappa shape index (κ2) is 8.11. The second-order valence-corrected chi connectivity index (χ2v) is 7.11. The van der Waals surface area contributed by atoms with Gasteiger partial charge < -0.3 is 24.9 Å². The van der Waals surface area contributed by atoms with Crippen LogP contribution in [-0.4, -0.2) is 39.9 Å². The summed E-state index contributed by atoms with van der Waals surface area (Å²) in [7, 11) is 0. The summed E-state index contributed by atoms with van der Waals surface area (Å²) in [4.78, 5) is 31.0. The molecule has 1 amide bonds. The molecule has 1 aliphatic rings. The number of hydrogen-bond acceptors (Lipinski definition) is 5. The van der Waals surface area contributed by atoms with E-state index in [2.05, 4.69) is 20.0 Å². The van der Waals surface area contributed by atoms with Gasteiger partial charge in [-0.2, -0.15) is 0 Å². The number of nitrogens with zero attached hydrogens (tertiary/aromatic N) is 1. The molecule has 0 unspecified atom stereocenters. The fraction of sp³-hybridized carbons (Fsp3) is 0.190. The molecule has 1 aromatic carbocycles. The van der Waals surface area contributed by atoms with Gasteiger partial charge in [0.1, 0.15) is 22.7 Å². The lowest BCUT2D eigenvalue weighted by atomic mass is 9.81. The van der Waals surface area contributed by atoms with Gasteiger partial charge in [-0.15, -0.1) is 13.2 Å². The van der Waals surface area contributed by atoms with Crippen molar-refractivity contribution in [2.45, 2.75) is 18.3 Å². The number of hydrogen-bond donors (Lipinski definition) is 3. The minimum absolute atomic E-state index is 0.0637. The standard InChI is InChI=1S/C21H15F4N3O5/c22-13-9-12(3-4-15(13)33-21(23,24)25)20(5-7-32-16-2-1-6-26-17(16)20)28-18(29)14-8-11(10-27-14)19(30)31/h1-4,6,8-10,27H,5,7H2,(H,28,29)(H,30,31)/t20-/m0/s1. The molecule has 33 heavy (non-hydrogen) atoms. The minimum Gasteiger partial charge on any atom is -0.491 e. The maximum absolute atomic E-state index is 14.6. The smallest absolute Gasteiger partial charge is 0.491 e. The number of amides is 1. The van der Waals surface area contributed by atoms with Gasteiger partial charge in [0.25, 0.3) is 5.91 Å². The average Bonchev–Trinajstić information content (AvgIpc) is 3.25. The van der Waals surface area contributed by atoms with E-state index in [9.17, 15) is 27.2 Å². The molecule has 0 bridgehead atoms. The highest BCUT2D eigenvalue weighted by molar-refractivity contribution is 5.97. The van der Waals surface area contributed by atoms with Gasteiger partial charge in [-0.3, -0.25) is 9.78 Å². The Balaban J connectivity index is 1.79. The van der Waals surface area contributed by atoms with E-state index >= 15 is 0 Å². The summed E-state index contributed by atoms with van der Waals surface area (Å²) in [5.74, 6) is -4.03. The van der Waals surface area contributed by atoms with Crippen molar-refractivity contribution in [3.63, 3.8) is 0 Å². The number of halogens is 4. The Hall–Kier alpha value is -4.09. The molecule has 8 nitrogen and oxygen atoms in total. The molecule has 4 rings (SSSR count). The maximum atomic E-state index is 14.6. The summed E-state index contributed by atoms with van der Waals surface area (Å²) >= 11 is 0. The van der Waals surface area contributed by atoms with E-state index in [4.69, 9.17) is 9.84 Å². The number of benzene rings is 1. The van der Waals surface area contributed by atoms with Crippen LogP contribution in [0.5, 0.6) is 11.5 Å². The van der Waals surface area contributed by atoms with E-state index < -0.39 is 35.3 Å². The lowest BCUT2D eigenvalue weighted by molar-refractivity contribution is -0.275. The largest absolute Gasteiger partial charge is 0.573 e. The third-order valence-corrected chi connectivity index (χ3v) is 5.06. The number of H-pyrrole nitrogens is 1. The molecule has 0 saturated heterocycles. The van der Waals surface area contributed by atoms with Crippen molar-refractivity contribution in [1.82, 2.24) is 15.3 Å². The quantitative estimate of drug-likeness (QED) is 0.497. The number of carbonyl (C=O) groups is 2. The average molecular weight is 465 g/mol. The van der Waals surface area contributed by atoms with E-state index in [0.717, 1.165) is 24.4 Å². The monoisotopic (exact) mass is 465 g/mol. The molecule has 0 radical (unpaired) electrons. The number of rotatable bonds is 5. The fourth-order valence-electron chi connectivity index (χ4n) is 3.62. The summed E-state index contributed by atoms with van der Waals surface area (Å²) in [6.45, 7) is 0.0759. The maximum Gasteiger partial charge on any atom is 0.573 e. The van der Waals surface area contributed by atoms with Crippen LogP contribution in [0.2, 0.25) is 0 Å². The molecule has 0 spiro atoms. The number of carboxylic acid groups (broad SMARTS) is 1. The highest BCUT2D eigenvalue weighted by Crippen LogP contribution is 2.42. The highest BCUT2D eigenvalue weighted by Gasteiger charge is 2.43. The topological polar surface area (TPSA) is 114 Å². The highest BCUT2D eigenvalue weighted by atomic mass is 19.4. The Morgan fingerprint density at radius 2 is 2.03 bits per heavy atom. The normalized spacial score (nSPS) is 17.6. The van der Waals surface area contributed by atoms with E-state index in [1.807, 2.05) is 0 Å². The zero-order chi connectivity index (χ0) is 23.8. The van der Waals surface area contributed by atoms with Crippen LogP contribution in [-0.2, 0) is 5.54 Å². The molecule has 0 aliphatic carbocycles. The van der Waals surface area contributed by atoms with Gasteiger partial charge in [-0.25, -0.2) is 9.18 Å². The van der Waals surface area contributed by atoms with Gasteiger partial charge in [0, 0.05) is 18.8 Å². The summed E-state index contributed by atoms with van der Waals surface area (Å²) in [6, 6.07) is 7.10. The zero-order valence-electron chi connectivity index (χ0n) is 16.6. The van der Waals surface area contributed by atoms with E-state index in [0.29, 0.717) is 0 Å². The molecular formula is C21H15F4N3O5. The van der Waals surface area contributed by atoms with Gasteiger partial charge in [-0.05, 0) is 35.9 Å². The number of pyridine rings is 1. The Morgan fingerprint density at radius 3 is 2.70 bits per heavy atom. The third-order valence-electron chi connectivity index (χ3n) is 5.06. The number of aromatic carboxylic acids is 1. The van der Waals surface area contributed by atoms with Crippen molar-refractivity contribution in [1.29, 1.82) is 0 Å². The fourth-order valence-corrected chi connectivity index (χ4v) is 3.62. The van der Waals surface area contributed by atoms with Crippen molar-refractivity contribution in [3.05, 3.63) is 77.1 Å². The first-order valence-electron chi connectivity index (χ1n) is 9.47. The van der Waals surface area contributed by atoms with Crippen LogP contribution in [0.15, 0.2) is 48.8 Å². The first-order chi connectivity index (χ1) is 15.6. The van der Waals surface area contributed by atoms with Crippen molar-refractivity contribution in [2.75, 3.05) is 6.61 Å². The van der Waals surface area contributed by atoms with Crippen molar-refractivity contribution >= 4 is 11.9 Å². The van der Waals surface area contributed by atoms with Crippen molar-refractivity contribution < 1.29 is 41.7 Å². The summed E-state index contributed by atoms with van der Waals surface area (Å²) < 4.78 is 61.5. The van der Waals surface area contributed by atoms with Crippen LogP contribution in [0.25, 0.3) is 0 Å². The summed E-state index contributed by atoms with van der Waals surface area (Å²) in [6.07, 6.45) is -2.48. The summed E-state index contributed by atoms with van der Waals surface area (Å²) in [5, 5.41) is 11.8. The molecule has 3 N–H and O–H groups in total. The Morgan fingerprint density at radius 1 is 1.24 bits per heavy atom. The summed E-state index contributed by atoms with van der Waals surface area (Å²) in [5.41, 5.74) is -1.43. The van der Waals surface area contributed by atoms with E-state index in [-0.39, 0.29) is 41.3 Å². The Labute approximate surface area is 183 Å². The number of nitrogens with one attached hydrogen (secondary N) is 2. The van der Waals surface area contributed by atoms with Gasteiger partial charge in [0.05, 0.1) is 12.2 Å². The number of carbonyl (C=O) groups excluding carboxylic acids is 1. The third kappa shape index (κ3) is 4.31. The van der Waals surface area contributed by atoms with Crippen molar-refractivity contribution in [2.24, 2.45) is 0 Å². The van der Waals surface area contributed by atoms with Crippen LogP contribution in [0.3, 0.4) is 0 Å². The van der Waals surface area contributed by atoms with Crippen LogP contribution < -0.4 is 14.8 Å². The Kier molecular flexibility index (Phi) is 5.44. The van der Waals surface area contributed by atoms with E-state index in [1.165, 1.54) is 12.3 Å². The molecule has 1 atom stereocenters. The van der Waals surface area contributed by atoms with Gasteiger partial charge in [-0.1, -0.05) is 6.07 Å². The molecule has 1 aliphatic heterocycles. The molecule has 2 aromatic heterocycles. The van der Waals surface area contributed by atoms with Crippen molar-refractivity contribution in [3.8, 4) is 11.5 Å². The van der Waals surface area contributed by atoms with Crippen LogP contribution in [0.1, 0.15) is 38.5 Å². The second-order valence-electron chi connectivity index (χ2n) is 7.11. The molecule has 3 aromatic rings. The minimum atomic E-state index is -5.09. The molecule has 0 saturated carbocycles. The van der Waals surface area contributed by atoms with E-state index in [1.54, 1.807) is 12.1 Å². The number of fused-ring (bicyclic) bond motifs is 1. The Bertz CT molecular complexity index is 1230. The van der Waals surface area contributed by atoms with Crippen LogP contribution in [0.4, 0.5) is 17.6 Å². The van der Waals surface area contributed by atoms with Gasteiger partial charge in [0.15, 0.2) is 11.6 Å². The van der Waals surface area contributed by atoms with Gasteiger partial charge >= 0.3 is 12.3 Å². The molecule has 3 heterocycles. The number of alkyl halides is 3. The lowest BCUT2D eigenvalue weighted by Gasteiger charge is -2.39. The van der Waals surface area contributed by atoms with Crippen LogP contribution in [0, 0.1) is 5.82 Å². The molecule has 172 valence electrons.